The molecule has 2 heteroatoms. The lowest BCUT2D eigenvalue weighted by molar-refractivity contribution is 0.264. The van der Waals surface area contributed by atoms with Gasteiger partial charge in [-0.05, 0) is 112 Å². The minimum atomic E-state index is 0.153. The molecule has 2 nitrogen and oxygen atoms in total. The molecule has 0 saturated carbocycles. The summed E-state index contributed by atoms with van der Waals surface area (Å²) in [6.07, 6.45) is 39.5. The second-order valence-electron chi connectivity index (χ2n) is 14.2. The number of rotatable bonds is 5. The van der Waals surface area contributed by atoms with Crippen LogP contribution >= 0.6 is 0 Å². The van der Waals surface area contributed by atoms with Crippen LogP contribution in [0.15, 0.2) is 173 Å². The van der Waals surface area contributed by atoms with E-state index in [1.807, 2.05) is 0 Å². The molecule has 1 saturated heterocycles. The van der Waals surface area contributed by atoms with E-state index < -0.39 is 0 Å². The first-order valence-corrected chi connectivity index (χ1v) is 18.1. The van der Waals surface area contributed by atoms with Crippen molar-refractivity contribution < 1.29 is 0 Å². The third kappa shape index (κ3) is 5.06. The summed E-state index contributed by atoms with van der Waals surface area (Å²) in [5, 5.41) is 3.96. The maximum atomic E-state index is 3.96. The molecule has 9 rings (SSSR count). The van der Waals surface area contributed by atoms with Gasteiger partial charge in [0.1, 0.15) is 6.17 Å². The summed E-state index contributed by atoms with van der Waals surface area (Å²) in [6, 6.07) is 21.3. The minimum Gasteiger partial charge on any atom is -0.347 e. The third-order valence-corrected chi connectivity index (χ3v) is 11.4. The standard InChI is InChI=1S/C46H44N2/c1-31-29-40-41(45(34-17-7-3-8-18-34)38-22-12-11-21-37(38)44(40)33-15-5-2-6-16-33)30-39(31)32-25-27-35(28-26-32)46-47-42-23-13-14-24-43(42)48(46)36-19-9-4-10-20-36/h3-5,7-9,11-19,22-28,30-31,37,42-43,46-47H,2,6,10,20-21,29H2,1H3. The number of hydrogen-bond acceptors (Lipinski definition) is 2. The number of nitrogens with one attached hydrogen (secondary N) is 1. The topological polar surface area (TPSA) is 15.3 Å². The van der Waals surface area contributed by atoms with Gasteiger partial charge in [0.15, 0.2) is 0 Å². The van der Waals surface area contributed by atoms with Crippen LogP contribution in [0.4, 0.5) is 0 Å². The van der Waals surface area contributed by atoms with Crippen LogP contribution in [0.1, 0.15) is 68.3 Å². The molecular formula is C46H44N2. The molecule has 7 aliphatic rings. The van der Waals surface area contributed by atoms with E-state index in [1.54, 1.807) is 11.1 Å². The van der Waals surface area contributed by atoms with Crippen LogP contribution in [0, 0.1) is 11.8 Å². The monoisotopic (exact) mass is 624 g/mol. The Balaban J connectivity index is 1.14. The molecule has 1 aliphatic heterocycles. The van der Waals surface area contributed by atoms with Gasteiger partial charge >= 0.3 is 0 Å². The van der Waals surface area contributed by atoms with E-state index in [4.69, 9.17) is 0 Å². The maximum Gasteiger partial charge on any atom is 0.107 e. The van der Waals surface area contributed by atoms with Crippen LogP contribution in [-0.4, -0.2) is 17.0 Å². The summed E-state index contributed by atoms with van der Waals surface area (Å²) in [5.74, 6) is 0.835. The fraction of sp³-hybridized carbons (Fsp3) is 0.261. The minimum absolute atomic E-state index is 0.153. The molecule has 1 fully saturated rings. The van der Waals surface area contributed by atoms with Gasteiger partial charge in [0.05, 0.1) is 12.1 Å². The summed E-state index contributed by atoms with van der Waals surface area (Å²) >= 11 is 0. The Hall–Kier alpha value is -4.66. The molecule has 0 aromatic heterocycles. The smallest absolute Gasteiger partial charge is 0.107 e. The average molecular weight is 625 g/mol. The number of fused-ring (bicyclic) bond motifs is 3. The molecule has 238 valence electrons. The van der Waals surface area contributed by atoms with E-state index in [9.17, 15) is 0 Å². The van der Waals surface area contributed by atoms with Crippen molar-refractivity contribution in [3.05, 3.63) is 190 Å². The second-order valence-corrected chi connectivity index (χ2v) is 14.2. The van der Waals surface area contributed by atoms with Crippen LogP contribution in [0.25, 0.3) is 11.1 Å². The lowest BCUT2D eigenvalue weighted by Crippen LogP contribution is -2.34. The first-order chi connectivity index (χ1) is 23.7. The fourth-order valence-corrected chi connectivity index (χ4v) is 9.13. The van der Waals surface area contributed by atoms with Gasteiger partial charge in [0, 0.05) is 11.6 Å². The van der Waals surface area contributed by atoms with E-state index in [-0.39, 0.29) is 6.17 Å². The zero-order valence-electron chi connectivity index (χ0n) is 27.9. The van der Waals surface area contributed by atoms with Crippen LogP contribution < -0.4 is 5.32 Å². The first kappa shape index (κ1) is 29.5. The molecule has 0 bridgehead atoms. The lowest BCUT2D eigenvalue weighted by Gasteiger charge is -2.39. The Bertz CT molecular complexity index is 1960. The predicted molar refractivity (Wildman–Crippen MR) is 200 cm³/mol. The molecule has 2 aromatic carbocycles. The van der Waals surface area contributed by atoms with Gasteiger partial charge in [-0.3, -0.25) is 5.32 Å². The molecule has 1 heterocycles. The van der Waals surface area contributed by atoms with Crippen LogP contribution in [0.3, 0.4) is 0 Å². The Labute approximate surface area is 286 Å². The summed E-state index contributed by atoms with van der Waals surface area (Å²) in [7, 11) is 0. The highest BCUT2D eigenvalue weighted by Gasteiger charge is 2.41. The molecule has 48 heavy (non-hydrogen) atoms. The highest BCUT2D eigenvalue weighted by Crippen LogP contribution is 2.54. The summed E-state index contributed by atoms with van der Waals surface area (Å²) < 4.78 is 0. The van der Waals surface area contributed by atoms with Crippen molar-refractivity contribution in [3.8, 4) is 0 Å². The normalized spacial score (nSPS) is 28.9. The van der Waals surface area contributed by atoms with Gasteiger partial charge in [-0.2, -0.15) is 0 Å². The maximum absolute atomic E-state index is 3.96. The van der Waals surface area contributed by atoms with Crippen molar-refractivity contribution in [3.63, 3.8) is 0 Å². The summed E-state index contributed by atoms with van der Waals surface area (Å²) in [4.78, 5) is 2.63. The van der Waals surface area contributed by atoms with E-state index >= 15 is 0 Å². The number of hydrogen-bond donors (Lipinski definition) is 1. The van der Waals surface area contributed by atoms with E-state index in [0.717, 1.165) is 38.5 Å². The second kappa shape index (κ2) is 12.4. The average Bonchev–Trinajstić information content (AvgIpc) is 3.54. The Morgan fingerprint density at radius 2 is 1.62 bits per heavy atom. The van der Waals surface area contributed by atoms with Gasteiger partial charge < -0.3 is 4.90 Å². The molecule has 5 atom stereocenters. The highest BCUT2D eigenvalue weighted by molar-refractivity contribution is 5.94. The zero-order chi connectivity index (χ0) is 32.0. The number of nitrogens with zero attached hydrogens (tertiary/aromatic N) is 1. The fourth-order valence-electron chi connectivity index (χ4n) is 9.13. The molecular weight excluding hydrogens is 581 g/mol. The highest BCUT2D eigenvalue weighted by atomic mass is 15.4. The van der Waals surface area contributed by atoms with Crippen LogP contribution in [0.5, 0.6) is 0 Å². The largest absolute Gasteiger partial charge is 0.347 e. The SMILES string of the molecule is CC1CC2=C(C3=CCCC=C3)C3CC=CC=C3C(c3ccccc3)=C2C=C1c1ccc(C2NC3C=CC=CC3N2C2=CC=CCC2)cc1. The predicted octanol–water partition coefficient (Wildman–Crippen LogP) is 10.7. The van der Waals surface area contributed by atoms with Gasteiger partial charge in [0.25, 0.3) is 0 Å². The molecule has 0 spiro atoms. The summed E-state index contributed by atoms with van der Waals surface area (Å²) in [6.45, 7) is 2.44. The van der Waals surface area contributed by atoms with Crippen LogP contribution in [-0.2, 0) is 0 Å². The first-order valence-electron chi connectivity index (χ1n) is 18.1. The molecule has 5 unspecified atom stereocenters. The van der Waals surface area contributed by atoms with Crippen molar-refractivity contribution in [1.82, 2.24) is 10.2 Å². The van der Waals surface area contributed by atoms with Crippen molar-refractivity contribution in [2.75, 3.05) is 0 Å². The van der Waals surface area contributed by atoms with Gasteiger partial charge in [-0.15, -0.1) is 0 Å². The molecule has 6 aliphatic carbocycles. The van der Waals surface area contributed by atoms with Crippen LogP contribution in [0.2, 0.25) is 0 Å². The van der Waals surface area contributed by atoms with Crippen molar-refractivity contribution >= 4 is 11.1 Å². The Kier molecular flexibility index (Phi) is 7.62. The van der Waals surface area contributed by atoms with E-state index in [0.29, 0.717) is 23.9 Å². The van der Waals surface area contributed by atoms with Crippen molar-refractivity contribution in [2.45, 2.75) is 63.7 Å². The lowest BCUT2D eigenvalue weighted by atomic mass is 9.64. The Morgan fingerprint density at radius 3 is 2.44 bits per heavy atom. The quantitative estimate of drug-likeness (QED) is 0.356. The molecule has 0 radical (unpaired) electrons. The molecule has 0 amide bonds. The van der Waals surface area contributed by atoms with Gasteiger partial charge in [0.2, 0.25) is 0 Å². The van der Waals surface area contributed by atoms with E-state index in [1.165, 1.54) is 50.3 Å². The Morgan fingerprint density at radius 1 is 0.771 bits per heavy atom. The third-order valence-electron chi connectivity index (χ3n) is 11.4. The van der Waals surface area contributed by atoms with Crippen molar-refractivity contribution in [1.29, 1.82) is 0 Å². The molecule has 1 N–H and O–H groups in total. The number of allylic oxidation sites excluding steroid dienone is 20. The zero-order valence-corrected chi connectivity index (χ0v) is 27.9. The van der Waals surface area contributed by atoms with Gasteiger partial charge in [-0.25, -0.2) is 0 Å². The van der Waals surface area contributed by atoms with E-state index in [2.05, 4.69) is 157 Å². The van der Waals surface area contributed by atoms with Gasteiger partial charge in [-0.1, -0.05) is 134 Å². The molecule has 2 aromatic rings. The number of benzene rings is 2. The van der Waals surface area contributed by atoms with Crippen molar-refractivity contribution in [2.24, 2.45) is 11.8 Å². The summed E-state index contributed by atoms with van der Waals surface area (Å²) in [5.41, 5.74) is 15.8.